The summed E-state index contributed by atoms with van der Waals surface area (Å²) < 4.78 is 5.03. The van der Waals surface area contributed by atoms with E-state index >= 15 is 0 Å². The van der Waals surface area contributed by atoms with Crippen molar-refractivity contribution in [2.75, 3.05) is 0 Å². The van der Waals surface area contributed by atoms with Crippen LogP contribution in [0.2, 0.25) is 0 Å². The Morgan fingerprint density at radius 3 is 1.29 bits per heavy atom. The van der Waals surface area contributed by atoms with Crippen LogP contribution in [0.5, 0.6) is 0 Å². The van der Waals surface area contributed by atoms with Gasteiger partial charge in [-0.15, -0.1) is 0 Å². The molecule has 0 unspecified atom stereocenters. The highest BCUT2D eigenvalue weighted by Gasteiger charge is 2.15. The smallest absolute Gasteiger partial charge is 0.235 e. The lowest BCUT2D eigenvalue weighted by atomic mass is 10.0. The van der Waals surface area contributed by atoms with E-state index in [2.05, 4.69) is 42.3 Å². The van der Waals surface area contributed by atoms with Gasteiger partial charge in [0.1, 0.15) is 12.4 Å². The standard InChI is InChI=1S/C32H63N2/c1-4-7-9-11-13-14-15-16-17-18-19-20-21-22-23-24-26-28-32-33(6-3)30-31-34(32)29-27-25-12-10-8-5-2/h30-31H,4-29H2,1-3H3/q+1. The lowest BCUT2D eigenvalue weighted by molar-refractivity contribution is -0.704. The van der Waals surface area contributed by atoms with Gasteiger partial charge in [0, 0.05) is 6.42 Å². The molecule has 0 bridgehead atoms. The average Bonchev–Trinajstić information content (AvgIpc) is 3.24. The zero-order valence-corrected chi connectivity index (χ0v) is 23.9. The Kier molecular flexibility index (Phi) is 22.0. The van der Waals surface area contributed by atoms with E-state index in [9.17, 15) is 0 Å². The first-order valence-electron chi connectivity index (χ1n) is 15.9. The van der Waals surface area contributed by atoms with Gasteiger partial charge < -0.3 is 0 Å². The van der Waals surface area contributed by atoms with Crippen molar-refractivity contribution in [2.45, 2.75) is 188 Å². The van der Waals surface area contributed by atoms with Crippen molar-refractivity contribution >= 4 is 0 Å². The third-order valence-electron chi connectivity index (χ3n) is 7.69. The lowest BCUT2D eigenvalue weighted by Crippen LogP contribution is -2.37. The third-order valence-corrected chi connectivity index (χ3v) is 7.69. The van der Waals surface area contributed by atoms with Gasteiger partial charge in [0.05, 0.1) is 13.1 Å². The summed E-state index contributed by atoms with van der Waals surface area (Å²) in [6, 6.07) is 0. The van der Waals surface area contributed by atoms with E-state index in [4.69, 9.17) is 0 Å². The van der Waals surface area contributed by atoms with Gasteiger partial charge in [-0.3, -0.25) is 0 Å². The SMILES string of the molecule is CCCCCCCCCCCCCCCCCCCc1n(CC)cc[n+]1CCCCCCCC. The average molecular weight is 476 g/mol. The summed E-state index contributed by atoms with van der Waals surface area (Å²) in [7, 11) is 0. The Morgan fingerprint density at radius 1 is 0.500 bits per heavy atom. The molecule has 200 valence electrons. The summed E-state index contributed by atoms with van der Waals surface area (Å²) in [6.07, 6.45) is 38.9. The van der Waals surface area contributed by atoms with Crippen molar-refractivity contribution in [2.24, 2.45) is 0 Å². The van der Waals surface area contributed by atoms with Gasteiger partial charge in [-0.05, 0) is 26.2 Å². The number of hydrogen-bond donors (Lipinski definition) is 0. The first kappa shape index (κ1) is 31.2. The van der Waals surface area contributed by atoms with Crippen molar-refractivity contribution in [3.8, 4) is 0 Å². The van der Waals surface area contributed by atoms with Crippen LogP contribution in [-0.2, 0) is 19.5 Å². The van der Waals surface area contributed by atoms with Crippen molar-refractivity contribution in [3.05, 3.63) is 18.2 Å². The molecule has 1 aromatic heterocycles. The van der Waals surface area contributed by atoms with Crippen LogP contribution in [0.1, 0.15) is 174 Å². The molecule has 1 heterocycles. The lowest BCUT2D eigenvalue weighted by Gasteiger charge is -2.06. The second-order valence-corrected chi connectivity index (χ2v) is 10.9. The van der Waals surface area contributed by atoms with Gasteiger partial charge in [0.2, 0.25) is 0 Å². The van der Waals surface area contributed by atoms with E-state index in [-0.39, 0.29) is 0 Å². The molecular formula is C32H63N2+. The minimum atomic E-state index is 1.11. The fraction of sp³-hybridized carbons (Fsp3) is 0.906. The predicted molar refractivity (Wildman–Crippen MR) is 152 cm³/mol. The Bertz CT molecular complexity index is 533. The summed E-state index contributed by atoms with van der Waals surface area (Å²) in [4.78, 5) is 0. The summed E-state index contributed by atoms with van der Waals surface area (Å²) in [5, 5.41) is 0. The predicted octanol–water partition coefficient (Wildman–Crippen LogP) is 10.4. The Hall–Kier alpha value is -0.790. The van der Waals surface area contributed by atoms with E-state index in [0.29, 0.717) is 0 Å². The molecule has 34 heavy (non-hydrogen) atoms. The summed E-state index contributed by atoms with van der Waals surface area (Å²) in [5.74, 6) is 1.57. The zero-order valence-electron chi connectivity index (χ0n) is 23.9. The largest absolute Gasteiger partial charge is 0.256 e. The van der Waals surface area contributed by atoms with Crippen LogP contribution >= 0.6 is 0 Å². The first-order chi connectivity index (χ1) is 16.8. The van der Waals surface area contributed by atoms with Crippen molar-refractivity contribution in [1.82, 2.24) is 4.57 Å². The van der Waals surface area contributed by atoms with E-state index in [0.717, 1.165) is 6.54 Å². The number of aryl methyl sites for hydroxylation is 2. The molecule has 0 radical (unpaired) electrons. The molecule has 0 fully saturated rings. The number of imidazole rings is 1. The van der Waals surface area contributed by atoms with Gasteiger partial charge in [-0.25, -0.2) is 9.13 Å². The molecule has 0 amide bonds. The van der Waals surface area contributed by atoms with Crippen molar-refractivity contribution in [1.29, 1.82) is 0 Å². The van der Waals surface area contributed by atoms with Gasteiger partial charge in [0.25, 0.3) is 5.82 Å². The van der Waals surface area contributed by atoms with Crippen LogP contribution in [0.3, 0.4) is 0 Å². The summed E-state index contributed by atoms with van der Waals surface area (Å²) >= 11 is 0. The molecule has 1 aromatic rings. The topological polar surface area (TPSA) is 8.81 Å². The monoisotopic (exact) mass is 475 g/mol. The van der Waals surface area contributed by atoms with Crippen LogP contribution in [0, 0.1) is 0 Å². The molecule has 2 nitrogen and oxygen atoms in total. The minimum Gasteiger partial charge on any atom is -0.235 e. The molecule has 0 aliphatic carbocycles. The second-order valence-electron chi connectivity index (χ2n) is 10.9. The van der Waals surface area contributed by atoms with E-state index in [1.807, 2.05) is 0 Å². The molecule has 0 saturated carbocycles. The van der Waals surface area contributed by atoms with E-state index < -0.39 is 0 Å². The van der Waals surface area contributed by atoms with Crippen LogP contribution in [-0.4, -0.2) is 4.57 Å². The number of nitrogens with zero attached hydrogens (tertiary/aromatic N) is 2. The maximum absolute atomic E-state index is 2.55. The minimum absolute atomic E-state index is 1.11. The Balaban J connectivity index is 1.96. The highest BCUT2D eigenvalue weighted by molar-refractivity contribution is 4.83. The summed E-state index contributed by atoms with van der Waals surface area (Å²) in [6.45, 7) is 9.21. The van der Waals surface area contributed by atoms with E-state index in [1.165, 1.54) is 161 Å². The molecule has 0 N–H and O–H groups in total. The number of hydrogen-bond acceptors (Lipinski definition) is 0. The molecule has 0 aromatic carbocycles. The molecule has 0 saturated heterocycles. The van der Waals surface area contributed by atoms with Crippen molar-refractivity contribution in [3.63, 3.8) is 0 Å². The third kappa shape index (κ3) is 16.8. The Morgan fingerprint density at radius 2 is 0.882 bits per heavy atom. The molecular weight excluding hydrogens is 412 g/mol. The van der Waals surface area contributed by atoms with E-state index in [1.54, 1.807) is 5.82 Å². The molecule has 0 atom stereocenters. The maximum Gasteiger partial charge on any atom is 0.256 e. The summed E-state index contributed by atoms with van der Waals surface area (Å²) in [5.41, 5.74) is 0. The van der Waals surface area contributed by atoms with Crippen LogP contribution in [0.25, 0.3) is 0 Å². The van der Waals surface area contributed by atoms with Gasteiger partial charge in [-0.1, -0.05) is 142 Å². The molecule has 2 heteroatoms. The normalized spacial score (nSPS) is 11.5. The van der Waals surface area contributed by atoms with Crippen LogP contribution in [0.4, 0.5) is 0 Å². The van der Waals surface area contributed by atoms with Gasteiger partial charge in [-0.2, -0.15) is 0 Å². The molecule has 0 spiro atoms. The van der Waals surface area contributed by atoms with Gasteiger partial charge in [0.15, 0.2) is 0 Å². The maximum atomic E-state index is 2.55. The fourth-order valence-corrected chi connectivity index (χ4v) is 5.35. The fourth-order valence-electron chi connectivity index (χ4n) is 5.35. The number of rotatable bonds is 26. The first-order valence-corrected chi connectivity index (χ1v) is 15.9. The molecule has 0 aliphatic heterocycles. The number of unbranched alkanes of at least 4 members (excludes halogenated alkanes) is 21. The second kappa shape index (κ2) is 23.9. The molecule has 1 rings (SSSR count). The highest BCUT2D eigenvalue weighted by atomic mass is 15.1. The van der Waals surface area contributed by atoms with Crippen LogP contribution in [0.15, 0.2) is 12.4 Å². The molecule has 0 aliphatic rings. The Labute approximate surface area is 215 Å². The zero-order chi connectivity index (χ0) is 24.5. The van der Waals surface area contributed by atoms with Gasteiger partial charge >= 0.3 is 0 Å². The van der Waals surface area contributed by atoms with Crippen LogP contribution < -0.4 is 4.57 Å². The highest BCUT2D eigenvalue weighted by Crippen LogP contribution is 2.15. The van der Waals surface area contributed by atoms with Crippen molar-refractivity contribution < 1.29 is 4.57 Å². The number of aromatic nitrogens is 2. The quantitative estimate of drug-likeness (QED) is 0.0930.